The number of anilines is 1. The van der Waals surface area contributed by atoms with Crippen LogP contribution in [-0.2, 0) is 16.3 Å². The highest BCUT2D eigenvalue weighted by atomic mass is 32.2. The summed E-state index contributed by atoms with van der Waals surface area (Å²) in [7, 11) is -0.971. The van der Waals surface area contributed by atoms with E-state index in [4.69, 9.17) is 0 Å². The van der Waals surface area contributed by atoms with Crippen LogP contribution >= 0.6 is 11.3 Å². The van der Waals surface area contributed by atoms with E-state index < -0.39 is 15.9 Å². The Balaban J connectivity index is 1.83. The average Bonchev–Trinajstić information content (AvgIpc) is 2.92. The standard InChI is InChI=1S/C12H18N2O3S2/c1-14(8-5-6-19(16,17)7-8)12-13-9-3-2-4-10(15)11(9)18-12/h8,10,15H,2-7H2,1H3. The lowest BCUT2D eigenvalue weighted by molar-refractivity contribution is 0.160. The van der Waals surface area contributed by atoms with Crippen molar-refractivity contribution in [3.63, 3.8) is 0 Å². The zero-order valence-electron chi connectivity index (χ0n) is 10.9. The molecule has 0 bridgehead atoms. The van der Waals surface area contributed by atoms with Gasteiger partial charge in [0.1, 0.15) is 0 Å². The number of aryl methyl sites for hydroxylation is 1. The molecule has 1 aromatic heterocycles. The number of thiazole rings is 1. The highest BCUT2D eigenvalue weighted by Gasteiger charge is 2.33. The van der Waals surface area contributed by atoms with Crippen molar-refractivity contribution in [2.75, 3.05) is 23.5 Å². The van der Waals surface area contributed by atoms with Gasteiger partial charge in [-0.15, -0.1) is 0 Å². The predicted molar refractivity (Wildman–Crippen MR) is 75.5 cm³/mol. The van der Waals surface area contributed by atoms with E-state index in [1.54, 1.807) is 0 Å². The summed E-state index contributed by atoms with van der Waals surface area (Å²) in [5.74, 6) is 0.492. The minimum absolute atomic E-state index is 0.0229. The molecule has 1 N–H and O–H groups in total. The third-order valence-corrected chi connectivity index (χ3v) is 7.01. The molecule has 2 atom stereocenters. The van der Waals surface area contributed by atoms with E-state index in [0.717, 1.165) is 35.0 Å². The molecule has 1 saturated heterocycles. The van der Waals surface area contributed by atoms with Gasteiger partial charge in [0, 0.05) is 13.1 Å². The molecule has 1 fully saturated rings. The summed E-state index contributed by atoms with van der Waals surface area (Å²) in [6.45, 7) is 0. The fourth-order valence-corrected chi connectivity index (χ4v) is 5.71. The minimum atomic E-state index is -2.88. The van der Waals surface area contributed by atoms with Gasteiger partial charge in [0.05, 0.1) is 28.2 Å². The van der Waals surface area contributed by atoms with Gasteiger partial charge in [0.25, 0.3) is 0 Å². The highest BCUT2D eigenvalue weighted by Crippen LogP contribution is 2.38. The smallest absolute Gasteiger partial charge is 0.185 e. The van der Waals surface area contributed by atoms with E-state index in [2.05, 4.69) is 4.98 Å². The van der Waals surface area contributed by atoms with Crippen LogP contribution in [0.25, 0.3) is 0 Å². The zero-order chi connectivity index (χ0) is 13.6. The second kappa shape index (κ2) is 4.71. The van der Waals surface area contributed by atoms with E-state index in [9.17, 15) is 13.5 Å². The van der Waals surface area contributed by atoms with Gasteiger partial charge in [-0.05, 0) is 25.7 Å². The number of rotatable bonds is 2. The van der Waals surface area contributed by atoms with Crippen molar-refractivity contribution in [3.8, 4) is 0 Å². The molecule has 0 aromatic carbocycles. The van der Waals surface area contributed by atoms with Crippen molar-refractivity contribution >= 4 is 26.3 Å². The summed E-state index contributed by atoms with van der Waals surface area (Å²) in [6, 6.07) is 0.0229. The van der Waals surface area contributed by atoms with Crippen LogP contribution in [0.1, 0.15) is 35.9 Å². The summed E-state index contributed by atoms with van der Waals surface area (Å²) in [5.41, 5.74) is 0.992. The van der Waals surface area contributed by atoms with Gasteiger partial charge in [-0.1, -0.05) is 11.3 Å². The number of nitrogens with zero attached hydrogens (tertiary/aromatic N) is 2. The SMILES string of the molecule is CN(c1nc2c(s1)C(O)CCC2)C1CCS(=O)(=O)C1. The van der Waals surface area contributed by atoms with E-state index >= 15 is 0 Å². The van der Waals surface area contributed by atoms with Crippen molar-refractivity contribution in [3.05, 3.63) is 10.6 Å². The third kappa shape index (κ3) is 2.51. The number of fused-ring (bicyclic) bond motifs is 1. The van der Waals surface area contributed by atoms with Crippen LogP contribution in [0.5, 0.6) is 0 Å². The van der Waals surface area contributed by atoms with Crippen molar-refractivity contribution in [2.45, 2.75) is 37.8 Å². The molecule has 0 amide bonds. The average molecular weight is 302 g/mol. The molecule has 19 heavy (non-hydrogen) atoms. The Labute approximate surface area is 117 Å². The van der Waals surface area contributed by atoms with Gasteiger partial charge in [0.2, 0.25) is 0 Å². The Bertz CT molecular complexity index is 582. The minimum Gasteiger partial charge on any atom is -0.388 e. The van der Waals surface area contributed by atoms with Crippen LogP contribution in [0.3, 0.4) is 0 Å². The van der Waals surface area contributed by atoms with Crippen molar-refractivity contribution in [1.29, 1.82) is 0 Å². The molecule has 1 aromatic rings. The van der Waals surface area contributed by atoms with Crippen molar-refractivity contribution in [2.24, 2.45) is 0 Å². The number of aliphatic hydroxyl groups is 1. The van der Waals surface area contributed by atoms with Gasteiger partial charge in [-0.25, -0.2) is 13.4 Å². The maximum Gasteiger partial charge on any atom is 0.185 e. The molecular formula is C12H18N2O3S2. The topological polar surface area (TPSA) is 70.5 Å². The quantitative estimate of drug-likeness (QED) is 0.887. The largest absolute Gasteiger partial charge is 0.388 e. The summed E-state index contributed by atoms with van der Waals surface area (Å²) >= 11 is 1.51. The van der Waals surface area contributed by atoms with Gasteiger partial charge >= 0.3 is 0 Å². The Morgan fingerprint density at radius 3 is 2.84 bits per heavy atom. The highest BCUT2D eigenvalue weighted by molar-refractivity contribution is 7.91. The predicted octanol–water partition coefficient (Wildman–Crippen LogP) is 1.14. The van der Waals surface area contributed by atoms with Crippen molar-refractivity contribution < 1.29 is 13.5 Å². The van der Waals surface area contributed by atoms with E-state index in [1.165, 1.54) is 11.3 Å². The Hall–Kier alpha value is -0.660. The Morgan fingerprint density at radius 1 is 1.42 bits per heavy atom. The molecule has 1 aliphatic heterocycles. The summed E-state index contributed by atoms with van der Waals surface area (Å²) < 4.78 is 23.1. The fourth-order valence-electron chi connectivity index (χ4n) is 2.77. The van der Waals surface area contributed by atoms with Gasteiger partial charge in [-0.3, -0.25) is 0 Å². The Morgan fingerprint density at radius 2 is 2.21 bits per heavy atom. The number of aromatic nitrogens is 1. The third-order valence-electron chi connectivity index (χ3n) is 3.97. The fraction of sp³-hybridized carbons (Fsp3) is 0.750. The molecule has 2 heterocycles. The molecule has 2 aliphatic rings. The monoisotopic (exact) mass is 302 g/mol. The lowest BCUT2D eigenvalue weighted by atomic mass is 10.0. The first kappa shape index (κ1) is 13.3. The van der Waals surface area contributed by atoms with E-state index in [0.29, 0.717) is 6.42 Å². The van der Waals surface area contributed by atoms with Crippen LogP contribution in [0.4, 0.5) is 5.13 Å². The van der Waals surface area contributed by atoms with Crippen LogP contribution in [-0.4, -0.2) is 43.1 Å². The zero-order valence-corrected chi connectivity index (χ0v) is 12.5. The number of aliphatic hydroxyl groups excluding tert-OH is 1. The molecule has 106 valence electrons. The van der Waals surface area contributed by atoms with Crippen LogP contribution < -0.4 is 4.90 Å². The Kier molecular flexibility index (Phi) is 3.31. The van der Waals surface area contributed by atoms with Crippen LogP contribution in [0.2, 0.25) is 0 Å². The maximum atomic E-state index is 11.5. The molecule has 3 rings (SSSR count). The summed E-state index contributed by atoms with van der Waals surface area (Å²) in [5, 5.41) is 10.8. The molecule has 0 saturated carbocycles. The van der Waals surface area contributed by atoms with Gasteiger partial charge < -0.3 is 10.0 Å². The molecule has 5 nitrogen and oxygen atoms in total. The van der Waals surface area contributed by atoms with E-state index in [-0.39, 0.29) is 17.5 Å². The summed E-state index contributed by atoms with van der Waals surface area (Å²) in [4.78, 5) is 7.52. The van der Waals surface area contributed by atoms with Crippen LogP contribution in [0, 0.1) is 0 Å². The van der Waals surface area contributed by atoms with Crippen LogP contribution in [0.15, 0.2) is 0 Å². The number of hydrogen-bond donors (Lipinski definition) is 1. The molecular weight excluding hydrogens is 284 g/mol. The lowest BCUT2D eigenvalue weighted by Gasteiger charge is -2.22. The lowest BCUT2D eigenvalue weighted by Crippen LogP contribution is -2.32. The molecule has 0 spiro atoms. The summed E-state index contributed by atoms with van der Waals surface area (Å²) in [6.07, 6.45) is 2.97. The van der Waals surface area contributed by atoms with Crippen molar-refractivity contribution in [1.82, 2.24) is 4.98 Å². The van der Waals surface area contributed by atoms with Gasteiger partial charge in [0.15, 0.2) is 15.0 Å². The van der Waals surface area contributed by atoms with Gasteiger partial charge in [-0.2, -0.15) is 0 Å². The first-order valence-corrected chi connectivity index (χ1v) is 9.21. The second-order valence-electron chi connectivity index (χ2n) is 5.38. The first-order valence-electron chi connectivity index (χ1n) is 6.57. The number of hydrogen-bond acceptors (Lipinski definition) is 6. The molecule has 1 aliphatic carbocycles. The number of sulfone groups is 1. The van der Waals surface area contributed by atoms with E-state index in [1.807, 2.05) is 11.9 Å². The maximum absolute atomic E-state index is 11.5. The molecule has 7 heteroatoms. The molecule has 0 radical (unpaired) electrons. The molecule has 2 unspecified atom stereocenters. The second-order valence-corrected chi connectivity index (χ2v) is 8.62. The normalized spacial score (nSPS) is 29.2. The first-order chi connectivity index (χ1) is 8.96.